The Bertz CT molecular complexity index is 808. The topological polar surface area (TPSA) is 110 Å². The zero-order valence-electron chi connectivity index (χ0n) is 20.2. The van der Waals surface area contributed by atoms with E-state index in [9.17, 15) is 24.8 Å². The number of unbranched alkanes of at least 4 members (excludes halogenated alkanes) is 11. The van der Waals surface area contributed by atoms with Gasteiger partial charge in [0.05, 0.1) is 11.0 Å². The van der Waals surface area contributed by atoms with Crippen molar-refractivity contribution in [1.82, 2.24) is 4.90 Å². The molecular formula is C26H38N2O6. The first-order valence-corrected chi connectivity index (χ1v) is 12.5. The molecule has 1 aliphatic rings. The maximum atomic E-state index is 12.8. The lowest BCUT2D eigenvalue weighted by molar-refractivity contribution is -0.384. The molecule has 188 valence electrons. The number of amides is 2. The lowest BCUT2D eigenvalue weighted by atomic mass is 10.0. The number of carbonyl (C=O) groups excluding carboxylic acids is 2. The summed E-state index contributed by atoms with van der Waals surface area (Å²) in [5, 5.41) is 21.3. The number of imide groups is 1. The van der Waals surface area contributed by atoms with Gasteiger partial charge in [-0.3, -0.25) is 14.9 Å². The molecule has 1 heterocycles. The van der Waals surface area contributed by atoms with Crippen molar-refractivity contribution >= 4 is 17.7 Å². The van der Waals surface area contributed by atoms with Gasteiger partial charge in [0.25, 0.3) is 11.6 Å². The number of carbonyl (C=O) groups is 2. The average Bonchev–Trinajstić information content (AvgIpc) is 3.22. The van der Waals surface area contributed by atoms with Gasteiger partial charge in [0.1, 0.15) is 12.6 Å². The molecule has 1 fully saturated rings. The number of aliphatic hydroxyl groups is 1. The molecule has 1 aromatic rings. The molecule has 2 amide bonds. The Morgan fingerprint density at radius 1 is 1.09 bits per heavy atom. The predicted molar refractivity (Wildman–Crippen MR) is 131 cm³/mol. The van der Waals surface area contributed by atoms with E-state index < -0.39 is 29.1 Å². The highest BCUT2D eigenvalue weighted by atomic mass is 16.6. The Hall–Kier alpha value is -2.74. The average molecular weight is 475 g/mol. The summed E-state index contributed by atoms with van der Waals surface area (Å²) in [4.78, 5) is 36.0. The third kappa shape index (κ3) is 8.89. The minimum absolute atomic E-state index is 0.0957. The second kappa shape index (κ2) is 15.2. The molecule has 34 heavy (non-hydrogen) atoms. The second-order valence-electron chi connectivity index (χ2n) is 8.87. The number of allylic oxidation sites excluding steroid dienone is 1. The Morgan fingerprint density at radius 2 is 1.65 bits per heavy atom. The zero-order valence-corrected chi connectivity index (χ0v) is 20.2. The van der Waals surface area contributed by atoms with Crippen LogP contribution in [0.3, 0.4) is 0 Å². The standard InChI is InChI=1S/C26H38N2O6/c1-2-3-4-5-6-7-8-9-10-11-12-13-14-15-24(29)23-20-34-26(31)27(23)25(30)21-16-18-22(19-17-21)28(32)33/h14-19,23-24,29H,2-13,20H2,1H3/b15-14+/t23-,24+/m0/s1. The van der Waals surface area contributed by atoms with Gasteiger partial charge in [-0.1, -0.05) is 83.3 Å². The van der Waals surface area contributed by atoms with Gasteiger partial charge in [0.2, 0.25) is 0 Å². The van der Waals surface area contributed by atoms with Crippen LogP contribution >= 0.6 is 0 Å². The van der Waals surface area contributed by atoms with E-state index in [1.54, 1.807) is 6.08 Å². The van der Waals surface area contributed by atoms with Crippen LogP contribution in [0.5, 0.6) is 0 Å². The first kappa shape index (κ1) is 27.5. The van der Waals surface area contributed by atoms with Crippen LogP contribution in [-0.2, 0) is 4.74 Å². The van der Waals surface area contributed by atoms with Gasteiger partial charge in [-0.25, -0.2) is 9.69 Å². The monoisotopic (exact) mass is 474 g/mol. The quantitative estimate of drug-likeness (QED) is 0.133. The summed E-state index contributed by atoms with van der Waals surface area (Å²) in [7, 11) is 0. The second-order valence-corrected chi connectivity index (χ2v) is 8.87. The molecule has 0 saturated carbocycles. The van der Waals surface area contributed by atoms with Crippen LogP contribution in [0, 0.1) is 10.1 Å². The number of cyclic esters (lactones) is 1. The largest absolute Gasteiger partial charge is 0.447 e. The molecule has 2 rings (SSSR count). The van der Waals surface area contributed by atoms with E-state index in [0.29, 0.717) is 0 Å². The van der Waals surface area contributed by atoms with Crippen molar-refractivity contribution in [3.05, 3.63) is 52.1 Å². The number of benzene rings is 1. The summed E-state index contributed by atoms with van der Waals surface area (Å²) in [5.41, 5.74) is -0.0333. The van der Waals surface area contributed by atoms with E-state index in [1.807, 2.05) is 6.08 Å². The number of hydrogen-bond acceptors (Lipinski definition) is 6. The van der Waals surface area contributed by atoms with Crippen molar-refractivity contribution in [3.8, 4) is 0 Å². The lowest BCUT2D eigenvalue weighted by Gasteiger charge is -2.22. The SMILES string of the molecule is CCCCCCCCCCCCC/C=C/[C@@H](O)[C@@H]1COC(=O)N1C(=O)c1ccc([N+](=O)[O-])cc1. The molecule has 1 N–H and O–H groups in total. The molecule has 1 aliphatic heterocycles. The maximum Gasteiger partial charge on any atom is 0.417 e. The highest BCUT2D eigenvalue weighted by molar-refractivity contribution is 6.04. The van der Waals surface area contributed by atoms with Crippen LogP contribution in [0.15, 0.2) is 36.4 Å². The van der Waals surface area contributed by atoms with Crippen LogP contribution < -0.4 is 0 Å². The molecule has 8 nitrogen and oxygen atoms in total. The highest BCUT2D eigenvalue weighted by Crippen LogP contribution is 2.22. The number of nitro benzene ring substituents is 1. The summed E-state index contributed by atoms with van der Waals surface area (Å²) in [6.07, 6.45) is 16.4. The summed E-state index contributed by atoms with van der Waals surface area (Å²) in [6, 6.07) is 4.15. The Balaban J connectivity index is 1.70. The summed E-state index contributed by atoms with van der Waals surface area (Å²) < 4.78 is 4.99. The van der Waals surface area contributed by atoms with Crippen molar-refractivity contribution in [3.63, 3.8) is 0 Å². The number of nitrogens with zero attached hydrogens (tertiary/aromatic N) is 2. The third-order valence-corrected chi connectivity index (χ3v) is 6.15. The van der Waals surface area contributed by atoms with Crippen molar-refractivity contribution in [2.75, 3.05) is 6.61 Å². The number of ether oxygens (including phenoxy) is 1. The van der Waals surface area contributed by atoms with Crippen molar-refractivity contribution in [2.24, 2.45) is 0 Å². The number of rotatable bonds is 16. The van der Waals surface area contributed by atoms with E-state index in [1.165, 1.54) is 82.1 Å². The van der Waals surface area contributed by atoms with E-state index in [-0.39, 0.29) is 17.9 Å². The molecule has 0 bridgehead atoms. The number of nitro groups is 1. The molecule has 1 saturated heterocycles. The molecular weight excluding hydrogens is 436 g/mol. The summed E-state index contributed by atoms with van der Waals surface area (Å²) in [6.45, 7) is 2.14. The van der Waals surface area contributed by atoms with E-state index in [2.05, 4.69) is 6.92 Å². The Kier molecular flexibility index (Phi) is 12.3. The first-order chi connectivity index (χ1) is 16.5. The smallest absolute Gasteiger partial charge is 0.417 e. The molecule has 1 aromatic carbocycles. The molecule has 0 aliphatic carbocycles. The van der Waals surface area contributed by atoms with Gasteiger partial charge >= 0.3 is 6.09 Å². The van der Waals surface area contributed by atoms with Crippen LogP contribution in [0.4, 0.5) is 10.5 Å². The van der Waals surface area contributed by atoms with Gasteiger partial charge < -0.3 is 9.84 Å². The number of hydrogen-bond donors (Lipinski definition) is 1. The lowest BCUT2D eigenvalue weighted by Crippen LogP contribution is -2.45. The molecule has 0 radical (unpaired) electrons. The summed E-state index contributed by atoms with van der Waals surface area (Å²) >= 11 is 0. The first-order valence-electron chi connectivity index (χ1n) is 12.5. The van der Waals surface area contributed by atoms with Gasteiger partial charge in [-0.2, -0.15) is 0 Å². The van der Waals surface area contributed by atoms with Crippen LogP contribution in [0.1, 0.15) is 94.3 Å². The fourth-order valence-corrected chi connectivity index (χ4v) is 4.08. The molecule has 8 heteroatoms. The van der Waals surface area contributed by atoms with Gasteiger partial charge in [0, 0.05) is 17.7 Å². The Labute approximate surface area is 202 Å². The van der Waals surface area contributed by atoms with E-state index in [4.69, 9.17) is 4.74 Å². The zero-order chi connectivity index (χ0) is 24.8. The Morgan fingerprint density at radius 3 is 2.21 bits per heavy atom. The van der Waals surface area contributed by atoms with Gasteiger partial charge in [0.15, 0.2) is 0 Å². The van der Waals surface area contributed by atoms with Crippen LogP contribution in [-0.4, -0.2) is 45.7 Å². The molecule has 0 spiro atoms. The van der Waals surface area contributed by atoms with Crippen molar-refractivity contribution in [2.45, 2.75) is 96.1 Å². The minimum atomic E-state index is -1.04. The van der Waals surface area contributed by atoms with Gasteiger partial charge in [-0.15, -0.1) is 0 Å². The van der Waals surface area contributed by atoms with Crippen LogP contribution in [0.2, 0.25) is 0 Å². The van der Waals surface area contributed by atoms with E-state index in [0.717, 1.165) is 24.2 Å². The van der Waals surface area contributed by atoms with Gasteiger partial charge in [-0.05, 0) is 25.0 Å². The maximum absolute atomic E-state index is 12.8. The number of non-ortho nitro benzene ring substituents is 1. The normalized spacial score (nSPS) is 16.7. The minimum Gasteiger partial charge on any atom is -0.447 e. The number of aliphatic hydroxyl groups excluding tert-OH is 1. The fourth-order valence-electron chi connectivity index (χ4n) is 4.08. The summed E-state index contributed by atoms with van der Waals surface area (Å²) in [5.74, 6) is -0.653. The van der Waals surface area contributed by atoms with Crippen LogP contribution in [0.25, 0.3) is 0 Å². The fraction of sp³-hybridized carbons (Fsp3) is 0.615. The highest BCUT2D eigenvalue weighted by Gasteiger charge is 2.41. The van der Waals surface area contributed by atoms with Crippen molar-refractivity contribution in [1.29, 1.82) is 0 Å². The molecule has 0 aromatic heterocycles. The van der Waals surface area contributed by atoms with E-state index >= 15 is 0 Å². The third-order valence-electron chi connectivity index (χ3n) is 6.15. The predicted octanol–water partition coefficient (Wildman–Crippen LogP) is 6.17. The van der Waals surface area contributed by atoms with Crippen molar-refractivity contribution < 1.29 is 24.4 Å². The molecule has 2 atom stereocenters. The molecule has 0 unspecified atom stereocenters.